The van der Waals surface area contributed by atoms with Gasteiger partial charge in [0.1, 0.15) is 24.3 Å². The van der Waals surface area contributed by atoms with Crippen molar-refractivity contribution in [1.82, 2.24) is 24.7 Å². The van der Waals surface area contributed by atoms with Crippen LogP contribution >= 0.6 is 0 Å². The van der Waals surface area contributed by atoms with Gasteiger partial charge in [-0.3, -0.25) is 4.79 Å². The van der Waals surface area contributed by atoms with Crippen molar-refractivity contribution < 1.29 is 9.18 Å². The first kappa shape index (κ1) is 18.7. The van der Waals surface area contributed by atoms with E-state index >= 15 is 0 Å². The zero-order chi connectivity index (χ0) is 21.2. The van der Waals surface area contributed by atoms with Crippen LogP contribution in [0.2, 0.25) is 0 Å². The minimum absolute atomic E-state index is 0.226. The maximum absolute atomic E-state index is 13.9. The summed E-state index contributed by atoms with van der Waals surface area (Å²) in [5, 5.41) is 6.96. The standard InChI is InChI=1S/C23H17FN6O/c24-19-4-2-1-3-16(19)11-22-28-20-10-7-17(12-21(20)29-22)27-23(31)15-5-8-18(9-6-15)30-14-25-13-26-30/h1-10,12-14H,11H2,(H,27,31)(H,28,29). The Balaban J connectivity index is 1.32. The summed E-state index contributed by atoms with van der Waals surface area (Å²) in [6.07, 6.45) is 3.41. The molecular weight excluding hydrogens is 395 g/mol. The Hall–Kier alpha value is -4.33. The van der Waals surface area contributed by atoms with Crippen molar-refractivity contribution in [2.75, 3.05) is 5.32 Å². The molecule has 5 aromatic rings. The molecule has 0 atom stereocenters. The maximum atomic E-state index is 13.9. The monoisotopic (exact) mass is 412 g/mol. The summed E-state index contributed by atoms with van der Waals surface area (Å²) in [5.74, 6) is 0.175. The first-order valence-corrected chi connectivity index (χ1v) is 9.64. The predicted octanol–water partition coefficient (Wildman–Crippen LogP) is 4.13. The van der Waals surface area contributed by atoms with Gasteiger partial charge in [-0.2, -0.15) is 5.10 Å². The van der Waals surface area contributed by atoms with Gasteiger partial charge in [0.15, 0.2) is 0 Å². The van der Waals surface area contributed by atoms with Gasteiger partial charge in [0.2, 0.25) is 0 Å². The Kier molecular flexibility index (Phi) is 4.72. The summed E-state index contributed by atoms with van der Waals surface area (Å²) < 4.78 is 15.5. The smallest absolute Gasteiger partial charge is 0.255 e. The van der Waals surface area contributed by atoms with E-state index in [0.29, 0.717) is 29.1 Å². The molecule has 0 radical (unpaired) electrons. The first-order valence-electron chi connectivity index (χ1n) is 9.64. The normalized spacial score (nSPS) is 11.0. The van der Waals surface area contributed by atoms with Gasteiger partial charge in [-0.05, 0) is 54.1 Å². The molecule has 0 saturated carbocycles. The molecule has 8 heteroatoms. The number of carbonyl (C=O) groups excluding carboxylic acids is 1. The number of nitrogens with zero attached hydrogens (tertiary/aromatic N) is 4. The minimum atomic E-state index is -0.259. The van der Waals surface area contributed by atoms with Crippen LogP contribution in [-0.2, 0) is 6.42 Å². The van der Waals surface area contributed by atoms with Crippen molar-refractivity contribution >= 4 is 22.6 Å². The molecule has 5 rings (SSSR count). The van der Waals surface area contributed by atoms with E-state index in [1.807, 2.05) is 12.1 Å². The summed E-state index contributed by atoms with van der Waals surface area (Å²) in [6, 6.07) is 19.1. The number of rotatable bonds is 5. The lowest BCUT2D eigenvalue weighted by Crippen LogP contribution is -2.11. The lowest BCUT2D eigenvalue weighted by Gasteiger charge is -2.06. The van der Waals surface area contributed by atoms with E-state index in [-0.39, 0.29) is 11.7 Å². The highest BCUT2D eigenvalue weighted by Gasteiger charge is 2.10. The van der Waals surface area contributed by atoms with Crippen LogP contribution in [0.5, 0.6) is 0 Å². The molecule has 0 bridgehead atoms. The quantitative estimate of drug-likeness (QED) is 0.454. The molecule has 152 valence electrons. The average Bonchev–Trinajstić information content (AvgIpc) is 3.45. The Morgan fingerprint density at radius 1 is 1.06 bits per heavy atom. The molecule has 0 spiro atoms. The highest BCUT2D eigenvalue weighted by molar-refractivity contribution is 6.05. The molecule has 3 aromatic carbocycles. The van der Waals surface area contributed by atoms with Crippen molar-refractivity contribution in [2.24, 2.45) is 0 Å². The van der Waals surface area contributed by atoms with Crippen LogP contribution in [0.25, 0.3) is 16.7 Å². The van der Waals surface area contributed by atoms with Crippen LogP contribution in [0.4, 0.5) is 10.1 Å². The number of anilines is 1. The number of hydrogen-bond donors (Lipinski definition) is 2. The number of halogens is 1. The lowest BCUT2D eigenvalue weighted by molar-refractivity contribution is 0.102. The molecule has 2 heterocycles. The third-order valence-corrected chi connectivity index (χ3v) is 4.92. The molecule has 0 saturated heterocycles. The number of benzene rings is 3. The topological polar surface area (TPSA) is 88.5 Å². The molecule has 1 amide bonds. The highest BCUT2D eigenvalue weighted by atomic mass is 19.1. The van der Waals surface area contributed by atoms with Gasteiger partial charge in [-0.25, -0.2) is 19.0 Å². The second-order valence-electron chi connectivity index (χ2n) is 7.02. The Morgan fingerprint density at radius 3 is 2.68 bits per heavy atom. The number of carbonyl (C=O) groups is 1. The summed E-state index contributed by atoms with van der Waals surface area (Å²) >= 11 is 0. The van der Waals surface area contributed by atoms with Crippen molar-refractivity contribution in [2.45, 2.75) is 6.42 Å². The van der Waals surface area contributed by atoms with Crippen molar-refractivity contribution in [1.29, 1.82) is 0 Å². The van der Waals surface area contributed by atoms with E-state index in [4.69, 9.17) is 0 Å². The zero-order valence-corrected chi connectivity index (χ0v) is 16.3. The number of H-pyrrole nitrogens is 1. The minimum Gasteiger partial charge on any atom is -0.342 e. The molecule has 7 nitrogen and oxygen atoms in total. The van der Waals surface area contributed by atoms with E-state index in [0.717, 1.165) is 16.7 Å². The average molecular weight is 412 g/mol. The second-order valence-corrected chi connectivity index (χ2v) is 7.02. The SMILES string of the molecule is O=C(Nc1ccc2nc(Cc3ccccc3F)[nH]c2c1)c1ccc(-n2cncn2)cc1. The first-order chi connectivity index (χ1) is 15.2. The molecule has 2 aromatic heterocycles. The van der Waals surface area contributed by atoms with E-state index in [9.17, 15) is 9.18 Å². The molecule has 0 unspecified atom stereocenters. The molecule has 0 aliphatic heterocycles. The third-order valence-electron chi connectivity index (χ3n) is 4.92. The zero-order valence-electron chi connectivity index (χ0n) is 16.3. The van der Waals surface area contributed by atoms with Gasteiger partial charge in [-0.15, -0.1) is 0 Å². The highest BCUT2D eigenvalue weighted by Crippen LogP contribution is 2.20. The Labute approximate surface area is 176 Å². The number of amides is 1. The van der Waals surface area contributed by atoms with E-state index in [1.165, 1.54) is 12.4 Å². The van der Waals surface area contributed by atoms with Gasteiger partial charge >= 0.3 is 0 Å². The van der Waals surface area contributed by atoms with Crippen LogP contribution in [0, 0.1) is 5.82 Å². The number of nitrogens with one attached hydrogen (secondary N) is 2. The lowest BCUT2D eigenvalue weighted by atomic mass is 10.1. The second kappa shape index (κ2) is 7.83. The largest absolute Gasteiger partial charge is 0.342 e. The molecule has 2 N–H and O–H groups in total. The molecular formula is C23H17FN6O. The number of aromatic nitrogens is 5. The number of hydrogen-bond acceptors (Lipinski definition) is 4. The predicted molar refractivity (Wildman–Crippen MR) is 115 cm³/mol. The van der Waals surface area contributed by atoms with E-state index in [1.54, 1.807) is 59.5 Å². The van der Waals surface area contributed by atoms with Crippen molar-refractivity contribution in [3.05, 3.63) is 102 Å². The van der Waals surface area contributed by atoms with Gasteiger partial charge < -0.3 is 10.3 Å². The van der Waals surface area contributed by atoms with Gasteiger partial charge in [0.05, 0.1) is 16.7 Å². The van der Waals surface area contributed by atoms with Crippen molar-refractivity contribution in [3.8, 4) is 5.69 Å². The van der Waals surface area contributed by atoms with Gasteiger partial charge in [0.25, 0.3) is 5.91 Å². The number of aromatic amines is 1. The summed E-state index contributed by atoms with van der Waals surface area (Å²) in [7, 11) is 0. The summed E-state index contributed by atoms with van der Waals surface area (Å²) in [4.78, 5) is 24.2. The Morgan fingerprint density at radius 2 is 1.90 bits per heavy atom. The van der Waals surface area contributed by atoms with Gasteiger partial charge in [0, 0.05) is 17.7 Å². The fourth-order valence-corrected chi connectivity index (χ4v) is 3.36. The van der Waals surface area contributed by atoms with Crippen LogP contribution < -0.4 is 5.32 Å². The molecule has 0 aliphatic rings. The number of imidazole rings is 1. The summed E-state index contributed by atoms with van der Waals surface area (Å²) in [6.45, 7) is 0. The molecule has 0 aliphatic carbocycles. The fourth-order valence-electron chi connectivity index (χ4n) is 3.36. The van der Waals surface area contributed by atoms with E-state index in [2.05, 4.69) is 25.4 Å². The van der Waals surface area contributed by atoms with Crippen molar-refractivity contribution in [3.63, 3.8) is 0 Å². The maximum Gasteiger partial charge on any atom is 0.255 e. The number of fused-ring (bicyclic) bond motifs is 1. The van der Waals surface area contributed by atoms with Crippen LogP contribution in [0.1, 0.15) is 21.7 Å². The van der Waals surface area contributed by atoms with E-state index < -0.39 is 0 Å². The Bertz CT molecular complexity index is 1360. The fraction of sp³-hybridized carbons (Fsp3) is 0.0435. The summed E-state index contributed by atoms with van der Waals surface area (Å²) in [5.41, 5.74) is 4.07. The van der Waals surface area contributed by atoms with Gasteiger partial charge in [-0.1, -0.05) is 18.2 Å². The van der Waals surface area contributed by atoms with Crippen LogP contribution in [0.3, 0.4) is 0 Å². The van der Waals surface area contributed by atoms with Crippen LogP contribution in [-0.4, -0.2) is 30.6 Å². The molecule has 0 fully saturated rings. The third kappa shape index (κ3) is 3.91. The van der Waals surface area contributed by atoms with Crippen LogP contribution in [0.15, 0.2) is 79.4 Å². The molecule has 31 heavy (non-hydrogen) atoms.